The Morgan fingerprint density at radius 3 is 1.60 bits per heavy atom. The molecular weight excluding hydrogens is 520 g/mol. The standard InChI is InChI=1S/C41H28N2/c1-27-15-17-29(18-16-27)40-34-9-2-4-11-36(34)41(37-12-5-3-10-35(37)40)31-22-20-28-19-21-30(24-33(28)25-31)38-13-6-14-39(43-38)32-8-7-23-42-26-32/h2-26H,1H3. The Hall–Kier alpha value is -5.60. The average molecular weight is 549 g/mol. The molecule has 0 aliphatic heterocycles. The highest BCUT2D eigenvalue weighted by molar-refractivity contribution is 6.21. The third kappa shape index (κ3) is 4.45. The molecule has 0 bridgehead atoms. The molecule has 202 valence electrons. The van der Waals surface area contributed by atoms with Gasteiger partial charge in [-0.25, -0.2) is 4.98 Å². The lowest BCUT2D eigenvalue weighted by Gasteiger charge is -2.18. The van der Waals surface area contributed by atoms with E-state index in [1.807, 2.05) is 24.4 Å². The number of benzene rings is 6. The van der Waals surface area contributed by atoms with Crippen LogP contribution >= 0.6 is 0 Å². The molecule has 0 amide bonds. The normalized spacial score (nSPS) is 11.4. The van der Waals surface area contributed by atoms with E-state index in [-0.39, 0.29) is 0 Å². The molecular formula is C41H28N2. The quantitative estimate of drug-likeness (QED) is 0.204. The van der Waals surface area contributed by atoms with E-state index in [2.05, 4.69) is 133 Å². The van der Waals surface area contributed by atoms with Crippen molar-refractivity contribution in [3.63, 3.8) is 0 Å². The van der Waals surface area contributed by atoms with Gasteiger partial charge in [0.15, 0.2) is 0 Å². The lowest BCUT2D eigenvalue weighted by Crippen LogP contribution is -1.91. The van der Waals surface area contributed by atoms with Crippen LogP contribution < -0.4 is 0 Å². The highest BCUT2D eigenvalue weighted by atomic mass is 14.7. The van der Waals surface area contributed by atoms with Crippen LogP contribution in [-0.4, -0.2) is 9.97 Å². The van der Waals surface area contributed by atoms with Gasteiger partial charge in [-0.3, -0.25) is 4.98 Å². The maximum atomic E-state index is 4.99. The molecule has 0 radical (unpaired) electrons. The van der Waals surface area contributed by atoms with Crippen LogP contribution in [0.25, 0.3) is 77.1 Å². The maximum absolute atomic E-state index is 4.99. The van der Waals surface area contributed by atoms with Crippen LogP contribution in [0.3, 0.4) is 0 Å². The van der Waals surface area contributed by atoms with Gasteiger partial charge in [0.25, 0.3) is 0 Å². The fraction of sp³-hybridized carbons (Fsp3) is 0.0244. The van der Waals surface area contributed by atoms with E-state index in [0.717, 1.165) is 22.5 Å². The van der Waals surface area contributed by atoms with E-state index in [9.17, 15) is 0 Å². The molecule has 43 heavy (non-hydrogen) atoms. The summed E-state index contributed by atoms with van der Waals surface area (Å²) >= 11 is 0. The summed E-state index contributed by atoms with van der Waals surface area (Å²) in [5.41, 5.74) is 10.3. The second-order valence-electron chi connectivity index (χ2n) is 11.1. The van der Waals surface area contributed by atoms with Gasteiger partial charge in [0.05, 0.1) is 11.4 Å². The summed E-state index contributed by atoms with van der Waals surface area (Å²) in [7, 11) is 0. The van der Waals surface area contributed by atoms with Crippen molar-refractivity contribution in [1.29, 1.82) is 0 Å². The van der Waals surface area contributed by atoms with Gasteiger partial charge in [-0.1, -0.05) is 109 Å². The summed E-state index contributed by atoms with van der Waals surface area (Å²) in [6.07, 6.45) is 3.65. The predicted octanol–water partition coefficient (Wildman–Crippen LogP) is 10.9. The van der Waals surface area contributed by atoms with E-state index >= 15 is 0 Å². The first-order valence-corrected chi connectivity index (χ1v) is 14.7. The first kappa shape index (κ1) is 25.1. The molecule has 8 aromatic rings. The largest absolute Gasteiger partial charge is 0.264 e. The predicted molar refractivity (Wildman–Crippen MR) is 181 cm³/mol. The van der Waals surface area contributed by atoms with Crippen LogP contribution in [0.15, 0.2) is 152 Å². The fourth-order valence-electron chi connectivity index (χ4n) is 6.30. The Morgan fingerprint density at radius 2 is 0.977 bits per heavy atom. The number of fused-ring (bicyclic) bond motifs is 3. The van der Waals surface area contributed by atoms with Crippen molar-refractivity contribution in [3.05, 3.63) is 157 Å². The van der Waals surface area contributed by atoms with Crippen LogP contribution in [0.1, 0.15) is 5.56 Å². The van der Waals surface area contributed by atoms with Gasteiger partial charge < -0.3 is 0 Å². The summed E-state index contributed by atoms with van der Waals surface area (Å²) in [4.78, 5) is 9.26. The number of rotatable bonds is 4. The molecule has 8 rings (SSSR count). The van der Waals surface area contributed by atoms with Crippen molar-refractivity contribution < 1.29 is 0 Å². The van der Waals surface area contributed by atoms with Gasteiger partial charge in [-0.15, -0.1) is 0 Å². The minimum atomic E-state index is 0.922. The molecule has 2 heterocycles. The molecule has 0 unspecified atom stereocenters. The topological polar surface area (TPSA) is 25.8 Å². The van der Waals surface area contributed by atoms with Crippen molar-refractivity contribution >= 4 is 32.3 Å². The van der Waals surface area contributed by atoms with E-state index in [4.69, 9.17) is 4.98 Å². The molecule has 0 N–H and O–H groups in total. The molecule has 2 heteroatoms. The zero-order chi connectivity index (χ0) is 28.8. The number of hydrogen-bond donors (Lipinski definition) is 0. The van der Waals surface area contributed by atoms with E-state index in [1.54, 1.807) is 6.20 Å². The molecule has 2 nitrogen and oxygen atoms in total. The van der Waals surface area contributed by atoms with Crippen LogP contribution in [0.2, 0.25) is 0 Å². The summed E-state index contributed by atoms with van der Waals surface area (Å²) in [6.45, 7) is 2.14. The van der Waals surface area contributed by atoms with Crippen molar-refractivity contribution in [2.45, 2.75) is 6.92 Å². The highest BCUT2D eigenvalue weighted by Crippen LogP contribution is 2.44. The molecule has 0 aliphatic rings. The lowest BCUT2D eigenvalue weighted by molar-refractivity contribution is 1.28. The molecule has 0 spiro atoms. The summed E-state index contributed by atoms with van der Waals surface area (Å²) < 4.78 is 0. The average Bonchev–Trinajstić information content (AvgIpc) is 3.07. The number of aryl methyl sites for hydroxylation is 1. The molecule has 0 saturated carbocycles. The number of hydrogen-bond acceptors (Lipinski definition) is 2. The van der Waals surface area contributed by atoms with Crippen molar-refractivity contribution in [3.8, 4) is 44.8 Å². The maximum Gasteiger partial charge on any atom is 0.0725 e. The van der Waals surface area contributed by atoms with Crippen LogP contribution in [0.5, 0.6) is 0 Å². The summed E-state index contributed by atoms with van der Waals surface area (Å²) in [5.74, 6) is 0. The monoisotopic (exact) mass is 548 g/mol. The zero-order valence-corrected chi connectivity index (χ0v) is 23.8. The zero-order valence-electron chi connectivity index (χ0n) is 23.8. The van der Waals surface area contributed by atoms with Crippen LogP contribution in [-0.2, 0) is 0 Å². The number of pyridine rings is 2. The molecule has 0 saturated heterocycles. The molecule has 0 fully saturated rings. The lowest BCUT2D eigenvalue weighted by atomic mass is 9.85. The third-order valence-corrected chi connectivity index (χ3v) is 8.40. The highest BCUT2D eigenvalue weighted by Gasteiger charge is 2.17. The smallest absolute Gasteiger partial charge is 0.0725 e. The molecule has 0 aliphatic carbocycles. The van der Waals surface area contributed by atoms with Crippen molar-refractivity contribution in [1.82, 2.24) is 9.97 Å². The van der Waals surface area contributed by atoms with Gasteiger partial charge in [0.1, 0.15) is 0 Å². The van der Waals surface area contributed by atoms with Crippen LogP contribution in [0.4, 0.5) is 0 Å². The van der Waals surface area contributed by atoms with Crippen molar-refractivity contribution in [2.24, 2.45) is 0 Å². The second-order valence-corrected chi connectivity index (χ2v) is 11.1. The SMILES string of the molecule is Cc1ccc(-c2c3ccccc3c(-c3ccc4ccc(-c5cccc(-c6cccnc6)n5)cc4c3)c3ccccc23)cc1. The Labute approximate surface area is 251 Å². The Balaban J connectivity index is 1.32. The Bertz CT molecular complexity index is 2230. The molecule has 6 aromatic carbocycles. The minimum Gasteiger partial charge on any atom is -0.264 e. The summed E-state index contributed by atoms with van der Waals surface area (Å²) in [5, 5.41) is 7.46. The van der Waals surface area contributed by atoms with Crippen molar-refractivity contribution in [2.75, 3.05) is 0 Å². The molecule has 0 atom stereocenters. The van der Waals surface area contributed by atoms with Gasteiger partial charge in [-0.2, -0.15) is 0 Å². The third-order valence-electron chi connectivity index (χ3n) is 8.40. The first-order chi connectivity index (χ1) is 21.2. The van der Waals surface area contributed by atoms with E-state index in [1.165, 1.54) is 60.1 Å². The molecule has 2 aromatic heterocycles. The van der Waals surface area contributed by atoms with Gasteiger partial charge in [-0.05, 0) is 97.9 Å². The van der Waals surface area contributed by atoms with E-state index in [0.29, 0.717) is 0 Å². The number of aromatic nitrogens is 2. The first-order valence-electron chi connectivity index (χ1n) is 14.7. The number of nitrogens with zero attached hydrogens (tertiary/aromatic N) is 2. The minimum absolute atomic E-state index is 0.922. The van der Waals surface area contributed by atoms with Gasteiger partial charge in [0, 0.05) is 23.5 Å². The van der Waals surface area contributed by atoms with Gasteiger partial charge in [0.2, 0.25) is 0 Å². The Morgan fingerprint density at radius 1 is 0.419 bits per heavy atom. The summed E-state index contributed by atoms with van der Waals surface area (Å²) in [6, 6.07) is 50.2. The fourth-order valence-corrected chi connectivity index (χ4v) is 6.30. The second kappa shape index (κ2) is 10.3. The van der Waals surface area contributed by atoms with Gasteiger partial charge >= 0.3 is 0 Å². The Kier molecular flexibility index (Phi) is 6.05. The van der Waals surface area contributed by atoms with E-state index < -0.39 is 0 Å². The van der Waals surface area contributed by atoms with Crippen LogP contribution in [0, 0.1) is 6.92 Å².